The number of hydrogen-bond acceptors (Lipinski definition) is 6. The minimum absolute atomic E-state index is 0.204. The van der Waals surface area contributed by atoms with Crippen molar-refractivity contribution in [3.63, 3.8) is 0 Å². The van der Waals surface area contributed by atoms with E-state index in [0.29, 0.717) is 29.4 Å². The first-order valence-electron chi connectivity index (χ1n) is 10.2. The van der Waals surface area contributed by atoms with Crippen LogP contribution in [-0.4, -0.2) is 15.9 Å². The van der Waals surface area contributed by atoms with Crippen molar-refractivity contribution in [1.82, 2.24) is 9.97 Å². The van der Waals surface area contributed by atoms with Crippen LogP contribution in [0.3, 0.4) is 0 Å². The fraction of sp³-hybridized carbons (Fsp3) is 0.167. The van der Waals surface area contributed by atoms with E-state index in [1.165, 1.54) is 0 Å². The van der Waals surface area contributed by atoms with Gasteiger partial charge >= 0.3 is 5.95 Å². The summed E-state index contributed by atoms with van der Waals surface area (Å²) < 4.78 is 1.82. The van der Waals surface area contributed by atoms with Crippen LogP contribution in [0, 0.1) is 13.8 Å². The summed E-state index contributed by atoms with van der Waals surface area (Å²) in [6, 6.07) is 16.7. The standard InChI is InChI=1S/C24H25N7O/c1-14-10-20(25)19-12-17(6-9-21(19)28-14)23(32)29-18-7-4-16(5-8-18)13-27-22-11-15(2)31(3)24(26)30-22/h4-12H,13H2,1-3H3,(H5,25,26,27,28,29,30,32)/p+1. The average Bonchev–Trinajstić information content (AvgIpc) is 2.76. The number of carbonyl (C=O) groups excluding carboxylic acids is 1. The molecule has 0 aliphatic rings. The Morgan fingerprint density at radius 2 is 1.75 bits per heavy atom. The summed E-state index contributed by atoms with van der Waals surface area (Å²) in [5.74, 6) is 0.965. The van der Waals surface area contributed by atoms with Crippen molar-refractivity contribution in [2.24, 2.45) is 7.05 Å². The topological polar surface area (TPSA) is 123 Å². The van der Waals surface area contributed by atoms with Crippen molar-refractivity contribution < 1.29 is 9.36 Å². The van der Waals surface area contributed by atoms with Crippen LogP contribution in [0.4, 0.5) is 23.1 Å². The molecule has 2 aromatic carbocycles. The zero-order valence-corrected chi connectivity index (χ0v) is 18.3. The number of fused-ring (bicyclic) bond motifs is 1. The summed E-state index contributed by atoms with van der Waals surface area (Å²) >= 11 is 0. The van der Waals surface area contributed by atoms with Gasteiger partial charge in [-0.2, -0.15) is 0 Å². The number of nitrogens with one attached hydrogen (secondary N) is 2. The zero-order valence-electron chi connectivity index (χ0n) is 18.3. The van der Waals surface area contributed by atoms with Crippen LogP contribution in [0.15, 0.2) is 54.6 Å². The highest BCUT2D eigenvalue weighted by Crippen LogP contribution is 2.22. The summed E-state index contributed by atoms with van der Waals surface area (Å²) in [4.78, 5) is 21.5. The Morgan fingerprint density at radius 1 is 1.00 bits per heavy atom. The molecule has 0 radical (unpaired) electrons. The lowest BCUT2D eigenvalue weighted by atomic mass is 10.1. The summed E-state index contributed by atoms with van der Waals surface area (Å²) in [6.45, 7) is 4.45. The second kappa shape index (κ2) is 8.50. The first-order chi connectivity index (χ1) is 15.3. The Morgan fingerprint density at radius 3 is 2.47 bits per heavy atom. The molecule has 0 atom stereocenters. The quantitative estimate of drug-likeness (QED) is 0.362. The molecule has 0 unspecified atom stereocenters. The van der Waals surface area contributed by atoms with Crippen LogP contribution in [0.2, 0.25) is 0 Å². The molecule has 8 nitrogen and oxygen atoms in total. The number of nitrogens with zero attached hydrogens (tertiary/aromatic N) is 3. The van der Waals surface area contributed by atoms with Gasteiger partial charge in [-0.05, 0) is 55.8 Å². The minimum atomic E-state index is -0.204. The molecule has 0 saturated carbocycles. The van der Waals surface area contributed by atoms with Gasteiger partial charge < -0.3 is 16.4 Å². The molecule has 0 aliphatic carbocycles. The summed E-state index contributed by atoms with van der Waals surface area (Å²) in [5, 5.41) is 6.96. The Bertz CT molecular complexity index is 1290. The number of nitrogens with two attached hydrogens (primary N) is 2. The smallest absolute Gasteiger partial charge is 0.391 e. The van der Waals surface area contributed by atoms with Crippen molar-refractivity contribution in [2.75, 3.05) is 22.1 Å². The lowest BCUT2D eigenvalue weighted by Gasteiger charge is -2.09. The number of aromatic nitrogens is 3. The third kappa shape index (κ3) is 4.44. The Kier molecular flexibility index (Phi) is 5.59. The maximum atomic E-state index is 12.7. The van der Waals surface area contributed by atoms with E-state index in [4.69, 9.17) is 11.5 Å². The van der Waals surface area contributed by atoms with Gasteiger partial charge in [-0.25, -0.2) is 4.57 Å². The first kappa shape index (κ1) is 21.0. The van der Waals surface area contributed by atoms with Crippen LogP contribution < -0.4 is 26.7 Å². The maximum absolute atomic E-state index is 12.7. The highest BCUT2D eigenvalue weighted by atomic mass is 16.1. The number of anilines is 4. The number of benzene rings is 2. The molecule has 0 saturated heterocycles. The molecule has 4 rings (SSSR count). The van der Waals surface area contributed by atoms with Gasteiger partial charge in [-0.3, -0.25) is 15.5 Å². The summed E-state index contributed by atoms with van der Waals surface area (Å²) in [5.41, 5.74) is 17.5. The molecule has 32 heavy (non-hydrogen) atoms. The van der Waals surface area contributed by atoms with E-state index < -0.39 is 0 Å². The van der Waals surface area contributed by atoms with Crippen molar-refractivity contribution in [2.45, 2.75) is 20.4 Å². The molecular formula is C24H26N7O+. The van der Waals surface area contributed by atoms with E-state index in [-0.39, 0.29) is 5.91 Å². The monoisotopic (exact) mass is 428 g/mol. The number of nitrogen functional groups attached to an aromatic ring is 2. The molecule has 2 heterocycles. The number of pyridine rings is 1. The molecule has 2 aromatic heterocycles. The van der Waals surface area contributed by atoms with Crippen LogP contribution in [-0.2, 0) is 13.6 Å². The molecule has 4 aromatic rings. The van der Waals surface area contributed by atoms with Crippen molar-refractivity contribution >= 4 is 40.0 Å². The molecular weight excluding hydrogens is 402 g/mol. The normalized spacial score (nSPS) is 10.8. The highest BCUT2D eigenvalue weighted by molar-refractivity contribution is 6.07. The van der Waals surface area contributed by atoms with Crippen LogP contribution in [0.1, 0.15) is 27.3 Å². The zero-order chi connectivity index (χ0) is 22.8. The molecule has 0 bridgehead atoms. The lowest BCUT2D eigenvalue weighted by Crippen LogP contribution is -2.37. The number of rotatable bonds is 5. The van der Waals surface area contributed by atoms with Crippen molar-refractivity contribution in [3.8, 4) is 0 Å². The predicted octanol–water partition coefficient (Wildman–Crippen LogP) is 3.10. The Balaban J connectivity index is 1.42. The van der Waals surface area contributed by atoms with Gasteiger partial charge in [0.15, 0.2) is 0 Å². The van der Waals surface area contributed by atoms with Gasteiger partial charge in [-0.1, -0.05) is 17.1 Å². The van der Waals surface area contributed by atoms with Gasteiger partial charge in [0.25, 0.3) is 5.91 Å². The van der Waals surface area contributed by atoms with Gasteiger partial charge in [0.2, 0.25) is 5.82 Å². The predicted molar refractivity (Wildman–Crippen MR) is 127 cm³/mol. The Labute approximate surface area is 186 Å². The van der Waals surface area contributed by atoms with Crippen LogP contribution in [0.5, 0.6) is 0 Å². The third-order valence-electron chi connectivity index (χ3n) is 5.37. The van der Waals surface area contributed by atoms with Gasteiger partial charge in [-0.15, -0.1) is 0 Å². The van der Waals surface area contributed by atoms with Crippen LogP contribution in [0.25, 0.3) is 10.9 Å². The minimum Gasteiger partial charge on any atom is -0.398 e. The van der Waals surface area contributed by atoms with Gasteiger partial charge in [0, 0.05) is 40.6 Å². The fourth-order valence-corrected chi connectivity index (χ4v) is 3.43. The van der Waals surface area contributed by atoms with E-state index in [1.807, 2.05) is 61.9 Å². The van der Waals surface area contributed by atoms with Crippen molar-refractivity contribution in [1.29, 1.82) is 0 Å². The van der Waals surface area contributed by atoms with E-state index in [0.717, 1.165) is 33.7 Å². The van der Waals surface area contributed by atoms with E-state index in [2.05, 4.69) is 20.6 Å². The number of amides is 1. The number of hydrogen-bond donors (Lipinski definition) is 4. The van der Waals surface area contributed by atoms with E-state index in [9.17, 15) is 4.79 Å². The lowest BCUT2D eigenvalue weighted by molar-refractivity contribution is -0.665. The van der Waals surface area contributed by atoms with Gasteiger partial charge in [0.05, 0.1) is 18.3 Å². The second-order valence-electron chi connectivity index (χ2n) is 7.79. The average molecular weight is 429 g/mol. The number of aryl methyl sites for hydroxylation is 2. The second-order valence-corrected chi connectivity index (χ2v) is 7.79. The van der Waals surface area contributed by atoms with E-state index >= 15 is 0 Å². The molecule has 6 N–H and O–H groups in total. The maximum Gasteiger partial charge on any atom is 0.391 e. The highest BCUT2D eigenvalue weighted by Gasteiger charge is 2.11. The van der Waals surface area contributed by atoms with Crippen molar-refractivity contribution in [3.05, 3.63) is 77.1 Å². The summed E-state index contributed by atoms with van der Waals surface area (Å²) in [6.07, 6.45) is 0. The molecule has 0 fully saturated rings. The SMILES string of the molecule is Cc1cc(N)c2cc(C(=O)Nc3ccc(CNc4cc(C)[n+](C)c(N)n4)cc3)ccc2n1. The largest absolute Gasteiger partial charge is 0.398 e. The summed E-state index contributed by atoms with van der Waals surface area (Å²) in [7, 11) is 1.87. The Hall–Kier alpha value is -4.20. The third-order valence-corrected chi connectivity index (χ3v) is 5.37. The fourth-order valence-electron chi connectivity index (χ4n) is 3.43. The molecule has 162 valence electrons. The number of carbonyl (C=O) groups is 1. The van der Waals surface area contributed by atoms with Crippen LogP contribution >= 0.6 is 0 Å². The van der Waals surface area contributed by atoms with E-state index in [1.54, 1.807) is 18.2 Å². The first-order valence-corrected chi connectivity index (χ1v) is 10.2. The molecule has 0 spiro atoms. The van der Waals surface area contributed by atoms with Gasteiger partial charge in [0.1, 0.15) is 0 Å². The molecule has 0 aliphatic heterocycles. The molecule has 8 heteroatoms. The molecule has 1 amide bonds.